The summed E-state index contributed by atoms with van der Waals surface area (Å²) >= 11 is 0. The lowest BCUT2D eigenvalue weighted by molar-refractivity contribution is -0.311. The summed E-state index contributed by atoms with van der Waals surface area (Å²) in [6.07, 6.45) is -3.10. The minimum atomic E-state index is -1.61. The van der Waals surface area contributed by atoms with Gasteiger partial charge < -0.3 is 40.1 Å². The van der Waals surface area contributed by atoms with Crippen molar-refractivity contribution in [2.45, 2.75) is 56.3 Å². The molecule has 0 amide bonds. The van der Waals surface area contributed by atoms with Crippen LogP contribution in [0.1, 0.15) is 13.3 Å². The zero-order chi connectivity index (χ0) is 20.2. The number of hydrogen-bond acceptors (Lipinski definition) is 8. The molecule has 0 unspecified atom stereocenters. The first-order chi connectivity index (χ1) is 13.0. The topological polar surface area (TPSA) is 140 Å². The smallest absolute Gasteiger partial charge is 0.187 e. The van der Waals surface area contributed by atoms with Crippen molar-refractivity contribution >= 4 is 0 Å². The first-order valence-corrected chi connectivity index (χ1v) is 8.50. The molecule has 0 radical (unpaired) electrons. The SMILES string of the molecule is CC=CC#CC#C[C@@H](O)[C@H](C=CCCO)O[C@@H]1O[C@H](CO)[C@@H](O)[C@H](O)[C@H]1O. The maximum atomic E-state index is 10.2. The van der Waals surface area contributed by atoms with E-state index in [1.54, 1.807) is 25.2 Å². The van der Waals surface area contributed by atoms with E-state index in [2.05, 4.69) is 23.7 Å². The van der Waals surface area contributed by atoms with Crippen molar-refractivity contribution < 1.29 is 40.1 Å². The average molecular weight is 382 g/mol. The van der Waals surface area contributed by atoms with Crippen LogP contribution in [0.15, 0.2) is 24.3 Å². The van der Waals surface area contributed by atoms with Gasteiger partial charge in [0.25, 0.3) is 0 Å². The van der Waals surface area contributed by atoms with E-state index in [1.165, 1.54) is 6.08 Å². The van der Waals surface area contributed by atoms with Gasteiger partial charge in [-0.1, -0.05) is 30.1 Å². The zero-order valence-electron chi connectivity index (χ0n) is 15.0. The zero-order valence-corrected chi connectivity index (χ0v) is 15.0. The molecule has 1 aliphatic rings. The maximum absolute atomic E-state index is 10.2. The van der Waals surface area contributed by atoms with Crippen molar-refractivity contribution in [1.82, 2.24) is 0 Å². The minimum absolute atomic E-state index is 0.111. The molecule has 1 saturated heterocycles. The van der Waals surface area contributed by atoms with Gasteiger partial charge in [0, 0.05) is 6.61 Å². The van der Waals surface area contributed by atoms with Crippen LogP contribution in [0.5, 0.6) is 0 Å². The third kappa shape index (κ3) is 7.43. The predicted octanol–water partition coefficient (Wildman–Crippen LogP) is -1.95. The van der Waals surface area contributed by atoms with Gasteiger partial charge in [-0.15, -0.1) is 0 Å². The van der Waals surface area contributed by atoms with E-state index in [9.17, 15) is 25.5 Å². The molecule has 1 fully saturated rings. The second-order valence-electron chi connectivity index (χ2n) is 5.72. The molecule has 0 saturated carbocycles. The molecule has 1 aliphatic heterocycles. The van der Waals surface area contributed by atoms with Gasteiger partial charge in [0.1, 0.15) is 36.6 Å². The average Bonchev–Trinajstić information content (AvgIpc) is 2.67. The lowest BCUT2D eigenvalue weighted by Gasteiger charge is -2.40. The van der Waals surface area contributed by atoms with Gasteiger partial charge >= 0.3 is 0 Å². The molecule has 0 aliphatic carbocycles. The Balaban J connectivity index is 2.91. The molecule has 0 aromatic rings. The summed E-state index contributed by atoms with van der Waals surface area (Å²) in [6.45, 7) is 1.09. The van der Waals surface area contributed by atoms with Crippen LogP contribution in [0.3, 0.4) is 0 Å². The fraction of sp³-hybridized carbons (Fsp3) is 0.579. The molecule has 8 heteroatoms. The number of ether oxygens (including phenoxy) is 2. The van der Waals surface area contributed by atoms with Crippen LogP contribution in [-0.2, 0) is 9.47 Å². The van der Waals surface area contributed by atoms with Gasteiger partial charge in [-0.05, 0) is 31.3 Å². The maximum Gasteiger partial charge on any atom is 0.187 e. The van der Waals surface area contributed by atoms with Gasteiger partial charge in [-0.25, -0.2) is 0 Å². The van der Waals surface area contributed by atoms with E-state index in [1.807, 2.05) is 0 Å². The normalized spacial score (nSPS) is 30.4. The summed E-state index contributed by atoms with van der Waals surface area (Å²) in [5, 5.41) is 58.0. The monoisotopic (exact) mass is 382 g/mol. The Hall–Kier alpha value is -1.72. The highest BCUT2D eigenvalue weighted by Crippen LogP contribution is 2.23. The number of rotatable bonds is 7. The Kier molecular flexibility index (Phi) is 10.9. The Morgan fingerprint density at radius 3 is 2.48 bits per heavy atom. The van der Waals surface area contributed by atoms with Crippen LogP contribution in [0, 0.1) is 23.7 Å². The lowest BCUT2D eigenvalue weighted by Crippen LogP contribution is -2.60. The molecule has 0 bridgehead atoms. The molecular weight excluding hydrogens is 356 g/mol. The van der Waals surface area contributed by atoms with Crippen LogP contribution in [0.25, 0.3) is 0 Å². The molecule has 6 N–H and O–H groups in total. The highest BCUT2D eigenvalue weighted by Gasteiger charge is 2.45. The largest absolute Gasteiger partial charge is 0.396 e. The Morgan fingerprint density at radius 2 is 1.85 bits per heavy atom. The van der Waals surface area contributed by atoms with Crippen molar-refractivity contribution in [3.63, 3.8) is 0 Å². The summed E-state index contributed by atoms with van der Waals surface area (Å²) in [5.41, 5.74) is 0. The lowest BCUT2D eigenvalue weighted by atomic mass is 9.99. The van der Waals surface area contributed by atoms with E-state index >= 15 is 0 Å². The fourth-order valence-corrected chi connectivity index (χ4v) is 2.22. The van der Waals surface area contributed by atoms with Gasteiger partial charge in [0.2, 0.25) is 0 Å². The van der Waals surface area contributed by atoms with E-state index in [0.29, 0.717) is 6.42 Å². The molecule has 0 aromatic carbocycles. The summed E-state index contributed by atoms with van der Waals surface area (Å²) in [7, 11) is 0. The summed E-state index contributed by atoms with van der Waals surface area (Å²) in [4.78, 5) is 0. The van der Waals surface area contributed by atoms with Gasteiger partial charge in [-0.3, -0.25) is 0 Å². The third-order valence-corrected chi connectivity index (χ3v) is 3.68. The number of aliphatic hydroxyl groups is 6. The van der Waals surface area contributed by atoms with E-state index in [4.69, 9.17) is 14.6 Å². The van der Waals surface area contributed by atoms with Crippen LogP contribution in [-0.4, -0.2) is 86.8 Å². The van der Waals surface area contributed by atoms with Gasteiger partial charge in [0.05, 0.1) is 6.61 Å². The van der Waals surface area contributed by atoms with Crippen molar-refractivity contribution in [1.29, 1.82) is 0 Å². The fourth-order valence-electron chi connectivity index (χ4n) is 2.22. The van der Waals surface area contributed by atoms with Crippen LogP contribution in [0.4, 0.5) is 0 Å². The molecule has 8 nitrogen and oxygen atoms in total. The first kappa shape index (κ1) is 23.3. The van der Waals surface area contributed by atoms with E-state index < -0.39 is 49.5 Å². The number of hydrogen-bond donors (Lipinski definition) is 6. The summed E-state index contributed by atoms with van der Waals surface area (Å²) < 4.78 is 10.8. The Bertz CT molecular complexity index is 607. The molecule has 0 spiro atoms. The molecule has 1 rings (SSSR count). The summed E-state index contributed by atoms with van der Waals surface area (Å²) in [5.74, 6) is 10.1. The number of aliphatic hydroxyl groups excluding tert-OH is 6. The second kappa shape index (κ2) is 12.6. The quantitative estimate of drug-likeness (QED) is 0.221. The molecule has 1 heterocycles. The van der Waals surface area contributed by atoms with E-state index in [-0.39, 0.29) is 6.61 Å². The first-order valence-electron chi connectivity index (χ1n) is 8.50. The van der Waals surface area contributed by atoms with Crippen LogP contribution in [0.2, 0.25) is 0 Å². The van der Waals surface area contributed by atoms with Crippen molar-refractivity contribution in [3.8, 4) is 23.7 Å². The predicted molar refractivity (Wildman–Crippen MR) is 95.9 cm³/mol. The van der Waals surface area contributed by atoms with Gasteiger partial charge in [0.15, 0.2) is 6.29 Å². The van der Waals surface area contributed by atoms with Crippen LogP contribution < -0.4 is 0 Å². The molecule has 150 valence electrons. The van der Waals surface area contributed by atoms with Crippen LogP contribution >= 0.6 is 0 Å². The van der Waals surface area contributed by atoms with Crippen molar-refractivity contribution in [3.05, 3.63) is 24.3 Å². The minimum Gasteiger partial charge on any atom is -0.396 e. The third-order valence-electron chi connectivity index (χ3n) is 3.68. The van der Waals surface area contributed by atoms with Crippen molar-refractivity contribution in [2.75, 3.05) is 13.2 Å². The second-order valence-corrected chi connectivity index (χ2v) is 5.72. The Morgan fingerprint density at radius 1 is 1.11 bits per heavy atom. The summed E-state index contributed by atoms with van der Waals surface area (Å²) in [6, 6.07) is 0. The Labute approximate surface area is 158 Å². The highest BCUT2D eigenvalue weighted by atomic mass is 16.7. The van der Waals surface area contributed by atoms with Gasteiger partial charge in [-0.2, -0.15) is 0 Å². The van der Waals surface area contributed by atoms with E-state index in [0.717, 1.165) is 0 Å². The molecular formula is C19H26O8. The highest BCUT2D eigenvalue weighted by molar-refractivity contribution is 5.32. The standard InChI is InChI=1S/C19H26O8/c1-2-3-4-5-6-9-13(22)14(10-7-8-11-20)26-19-18(25)17(24)16(23)15(12-21)27-19/h2-3,7,10,13-25H,8,11-12H2,1H3/t13-,14+,15-,16-,17+,18-,19-/m1/s1. The molecule has 0 aromatic heterocycles. The van der Waals surface area contributed by atoms with Crippen molar-refractivity contribution in [2.24, 2.45) is 0 Å². The molecule has 7 atom stereocenters. The molecule has 27 heavy (non-hydrogen) atoms. The number of allylic oxidation sites excluding steroid dienone is 2.